The highest BCUT2D eigenvalue weighted by molar-refractivity contribution is 5.92. The van der Waals surface area contributed by atoms with Crippen molar-refractivity contribution in [2.75, 3.05) is 13.1 Å². The molecule has 1 saturated heterocycles. The summed E-state index contributed by atoms with van der Waals surface area (Å²) in [5.74, 6) is 1.17. The molecule has 0 bridgehead atoms. The van der Waals surface area contributed by atoms with Gasteiger partial charge in [-0.05, 0) is 31.9 Å². The number of aryl methyl sites for hydroxylation is 1. The summed E-state index contributed by atoms with van der Waals surface area (Å²) in [4.78, 5) is 31.3. The third kappa shape index (κ3) is 3.30. The molecule has 132 valence electrons. The number of hydrogen-bond acceptors (Lipinski definition) is 7. The minimum atomic E-state index is -0.0345. The first-order chi connectivity index (χ1) is 12.7. The third-order valence-electron chi connectivity index (χ3n) is 4.47. The van der Waals surface area contributed by atoms with Gasteiger partial charge < -0.3 is 9.42 Å². The van der Waals surface area contributed by atoms with E-state index in [0.717, 1.165) is 18.5 Å². The van der Waals surface area contributed by atoms with Crippen LogP contribution in [0.15, 0.2) is 41.3 Å². The number of likely N-dealkylation sites (tertiary alicyclic amines) is 1. The number of pyridine rings is 1. The number of carbonyl (C=O) groups is 1. The zero-order chi connectivity index (χ0) is 17.9. The molecule has 0 aliphatic carbocycles. The van der Waals surface area contributed by atoms with Crippen molar-refractivity contribution in [1.29, 1.82) is 0 Å². The van der Waals surface area contributed by atoms with Crippen molar-refractivity contribution in [3.05, 3.63) is 54.0 Å². The lowest BCUT2D eigenvalue weighted by molar-refractivity contribution is 0.0704. The molecule has 26 heavy (non-hydrogen) atoms. The molecule has 1 aliphatic rings. The largest absolute Gasteiger partial charge is 0.337 e. The van der Waals surface area contributed by atoms with Crippen LogP contribution in [0.1, 0.15) is 40.8 Å². The Labute approximate surface area is 150 Å². The minimum absolute atomic E-state index is 0.0345. The molecule has 0 aromatic carbocycles. The predicted molar refractivity (Wildman–Crippen MR) is 92.2 cm³/mol. The van der Waals surface area contributed by atoms with E-state index in [9.17, 15) is 4.79 Å². The normalized spacial score (nSPS) is 15.2. The number of nitrogens with zero attached hydrogens (tertiary/aromatic N) is 6. The molecule has 4 rings (SSSR count). The maximum Gasteiger partial charge on any atom is 0.278 e. The van der Waals surface area contributed by atoms with Gasteiger partial charge in [-0.3, -0.25) is 14.8 Å². The summed E-state index contributed by atoms with van der Waals surface area (Å²) in [6.45, 7) is 3.17. The highest BCUT2D eigenvalue weighted by atomic mass is 16.5. The highest BCUT2D eigenvalue weighted by Crippen LogP contribution is 2.28. The molecule has 4 heterocycles. The summed E-state index contributed by atoms with van der Waals surface area (Å²) in [6, 6.07) is 5.36. The fourth-order valence-electron chi connectivity index (χ4n) is 3.00. The Morgan fingerprint density at radius 2 is 2.00 bits per heavy atom. The van der Waals surface area contributed by atoms with Crippen LogP contribution in [0.2, 0.25) is 0 Å². The highest BCUT2D eigenvalue weighted by Gasteiger charge is 2.28. The second kappa shape index (κ2) is 6.99. The van der Waals surface area contributed by atoms with Crippen LogP contribution in [0.4, 0.5) is 0 Å². The Bertz CT molecular complexity index is 886. The van der Waals surface area contributed by atoms with Crippen LogP contribution in [0.5, 0.6) is 0 Å². The zero-order valence-corrected chi connectivity index (χ0v) is 14.4. The molecular formula is C18H18N6O2. The molecule has 0 saturated carbocycles. The Balaban J connectivity index is 1.41. The van der Waals surface area contributed by atoms with E-state index < -0.39 is 0 Å². The quantitative estimate of drug-likeness (QED) is 0.714. The lowest BCUT2D eigenvalue weighted by Crippen LogP contribution is -2.38. The molecule has 0 unspecified atom stereocenters. The van der Waals surface area contributed by atoms with E-state index in [1.807, 2.05) is 17.9 Å². The molecule has 1 fully saturated rings. The van der Waals surface area contributed by atoms with Crippen LogP contribution in [-0.4, -0.2) is 49.0 Å². The van der Waals surface area contributed by atoms with Crippen LogP contribution < -0.4 is 0 Å². The fourth-order valence-corrected chi connectivity index (χ4v) is 3.00. The van der Waals surface area contributed by atoms with Crippen LogP contribution >= 0.6 is 0 Å². The van der Waals surface area contributed by atoms with Crippen molar-refractivity contribution < 1.29 is 9.32 Å². The number of hydrogen-bond donors (Lipinski definition) is 0. The van der Waals surface area contributed by atoms with Gasteiger partial charge in [0, 0.05) is 31.4 Å². The Hall–Kier alpha value is -3.16. The summed E-state index contributed by atoms with van der Waals surface area (Å²) in [5.41, 5.74) is 1.88. The van der Waals surface area contributed by atoms with Crippen molar-refractivity contribution in [2.24, 2.45) is 0 Å². The van der Waals surface area contributed by atoms with E-state index in [-0.39, 0.29) is 11.8 Å². The number of rotatable bonds is 3. The summed E-state index contributed by atoms with van der Waals surface area (Å²) < 4.78 is 5.33. The van der Waals surface area contributed by atoms with Gasteiger partial charge in [-0.1, -0.05) is 11.2 Å². The average Bonchev–Trinajstić information content (AvgIpc) is 3.19. The number of amides is 1. The van der Waals surface area contributed by atoms with Crippen molar-refractivity contribution in [1.82, 2.24) is 30.0 Å². The lowest BCUT2D eigenvalue weighted by atomic mass is 9.96. The van der Waals surface area contributed by atoms with Crippen molar-refractivity contribution in [3.8, 4) is 11.6 Å². The van der Waals surface area contributed by atoms with E-state index in [4.69, 9.17) is 4.52 Å². The molecule has 0 radical (unpaired) electrons. The third-order valence-corrected chi connectivity index (χ3v) is 4.47. The standard InChI is InChI=1S/C18H18N6O2/c1-12-10-21-15(11-20-12)17-22-16(23-26-17)13-5-8-24(9-6-13)18(25)14-4-2-3-7-19-14/h2-4,7,10-11,13H,5-6,8-9H2,1H3. The van der Waals surface area contributed by atoms with Crippen LogP contribution in [0.25, 0.3) is 11.6 Å². The predicted octanol–water partition coefficient (Wildman–Crippen LogP) is 2.25. The van der Waals surface area contributed by atoms with Crippen LogP contribution in [0, 0.1) is 6.92 Å². The van der Waals surface area contributed by atoms with E-state index in [1.165, 1.54) is 0 Å². The summed E-state index contributed by atoms with van der Waals surface area (Å²) in [6.07, 6.45) is 6.50. The smallest absolute Gasteiger partial charge is 0.278 e. The Morgan fingerprint density at radius 3 is 2.69 bits per heavy atom. The molecule has 0 N–H and O–H groups in total. The molecule has 1 amide bonds. The summed E-state index contributed by atoms with van der Waals surface area (Å²) in [5, 5.41) is 4.10. The van der Waals surface area contributed by atoms with Crippen molar-refractivity contribution in [2.45, 2.75) is 25.7 Å². The first-order valence-corrected chi connectivity index (χ1v) is 8.53. The van der Waals surface area contributed by atoms with Gasteiger partial charge in [-0.25, -0.2) is 4.98 Å². The molecule has 8 heteroatoms. The van der Waals surface area contributed by atoms with Gasteiger partial charge in [0.25, 0.3) is 11.8 Å². The van der Waals surface area contributed by atoms with Gasteiger partial charge in [-0.15, -0.1) is 0 Å². The summed E-state index contributed by atoms with van der Waals surface area (Å²) in [7, 11) is 0. The van der Waals surface area contributed by atoms with Gasteiger partial charge >= 0.3 is 0 Å². The lowest BCUT2D eigenvalue weighted by Gasteiger charge is -2.30. The molecule has 0 atom stereocenters. The zero-order valence-electron chi connectivity index (χ0n) is 14.4. The number of aromatic nitrogens is 5. The van der Waals surface area contributed by atoms with Crippen molar-refractivity contribution >= 4 is 5.91 Å². The monoisotopic (exact) mass is 350 g/mol. The molecule has 8 nitrogen and oxygen atoms in total. The van der Waals surface area contributed by atoms with Gasteiger partial charge in [0.05, 0.1) is 11.9 Å². The van der Waals surface area contributed by atoms with Gasteiger partial charge in [0.2, 0.25) is 0 Å². The number of carbonyl (C=O) groups excluding carboxylic acids is 1. The van der Waals surface area contributed by atoms with Crippen LogP contribution in [0.3, 0.4) is 0 Å². The fraction of sp³-hybridized carbons (Fsp3) is 0.333. The molecule has 3 aromatic rings. The van der Waals surface area contributed by atoms with Crippen molar-refractivity contribution in [3.63, 3.8) is 0 Å². The SMILES string of the molecule is Cc1cnc(-c2nc(C3CCN(C(=O)c4ccccn4)CC3)no2)cn1. The Kier molecular flexibility index (Phi) is 4.39. The maximum atomic E-state index is 12.5. The van der Waals surface area contributed by atoms with Gasteiger partial charge in [0.15, 0.2) is 5.82 Å². The summed E-state index contributed by atoms with van der Waals surface area (Å²) >= 11 is 0. The van der Waals surface area contributed by atoms with Crippen LogP contribution in [-0.2, 0) is 0 Å². The average molecular weight is 350 g/mol. The van der Waals surface area contributed by atoms with Gasteiger partial charge in [0.1, 0.15) is 11.4 Å². The second-order valence-electron chi connectivity index (χ2n) is 6.28. The molecule has 3 aromatic heterocycles. The van der Waals surface area contributed by atoms with Gasteiger partial charge in [-0.2, -0.15) is 4.98 Å². The minimum Gasteiger partial charge on any atom is -0.337 e. The van der Waals surface area contributed by atoms with E-state index in [0.29, 0.717) is 36.2 Å². The maximum absolute atomic E-state index is 12.5. The number of piperidine rings is 1. The Morgan fingerprint density at radius 1 is 1.15 bits per heavy atom. The second-order valence-corrected chi connectivity index (χ2v) is 6.28. The van der Waals surface area contributed by atoms with E-state index in [2.05, 4.69) is 25.1 Å². The molecular weight excluding hydrogens is 332 g/mol. The molecule has 0 spiro atoms. The topological polar surface area (TPSA) is 97.9 Å². The first kappa shape index (κ1) is 16.3. The first-order valence-electron chi connectivity index (χ1n) is 8.53. The van der Waals surface area contributed by atoms with E-state index >= 15 is 0 Å². The molecule has 1 aliphatic heterocycles. The van der Waals surface area contributed by atoms with E-state index in [1.54, 1.807) is 30.7 Å².